The van der Waals surface area contributed by atoms with E-state index in [2.05, 4.69) is 25.5 Å². The third-order valence-electron chi connectivity index (χ3n) is 7.02. The van der Waals surface area contributed by atoms with Crippen LogP contribution in [0.3, 0.4) is 0 Å². The lowest BCUT2D eigenvalue weighted by atomic mass is 10.0. The summed E-state index contributed by atoms with van der Waals surface area (Å²) in [4.78, 5) is 33.9. The smallest absolute Gasteiger partial charge is 0.365 e. The molecule has 0 aliphatic rings. The molecule has 0 aliphatic heterocycles. The summed E-state index contributed by atoms with van der Waals surface area (Å²) in [5.41, 5.74) is 3.78. The highest BCUT2D eigenvalue weighted by Crippen LogP contribution is 2.43. The second kappa shape index (κ2) is 11.2. The minimum atomic E-state index is -4.93. The maximum absolute atomic E-state index is 14.1. The number of nitrogens with zero attached hydrogens (tertiary/aromatic N) is 6. The van der Waals surface area contributed by atoms with Crippen molar-refractivity contribution in [2.24, 2.45) is 5.73 Å². The largest absolute Gasteiger partial charge is 0.433 e. The first-order valence-electron chi connectivity index (χ1n) is 13.4. The number of nitrogens with one attached hydrogen (secondary N) is 1. The van der Waals surface area contributed by atoms with Crippen LogP contribution in [0.15, 0.2) is 48.7 Å². The van der Waals surface area contributed by atoms with Gasteiger partial charge in [-0.1, -0.05) is 0 Å². The molecule has 0 aliphatic carbocycles. The van der Waals surface area contributed by atoms with Crippen LogP contribution in [0.25, 0.3) is 38.2 Å². The minimum absolute atomic E-state index is 0.0412. The van der Waals surface area contributed by atoms with Crippen molar-refractivity contribution < 1.29 is 35.9 Å². The number of thiophene rings is 1. The monoisotopic (exact) mass is 658 g/mol. The van der Waals surface area contributed by atoms with E-state index in [1.54, 1.807) is 17.8 Å². The van der Waals surface area contributed by atoms with E-state index in [9.17, 15) is 35.9 Å². The maximum atomic E-state index is 14.1. The number of rotatable bonds is 7. The summed E-state index contributed by atoms with van der Waals surface area (Å²) in [6.45, 7) is 3.93. The summed E-state index contributed by atoms with van der Waals surface area (Å²) in [7, 11) is 0. The number of halogens is 6. The zero-order chi connectivity index (χ0) is 33.1. The summed E-state index contributed by atoms with van der Waals surface area (Å²) in [6.07, 6.45) is -6.30. The van der Waals surface area contributed by atoms with E-state index in [4.69, 9.17) is 5.73 Å². The van der Waals surface area contributed by atoms with E-state index in [1.807, 2.05) is 6.92 Å². The van der Waals surface area contributed by atoms with E-state index in [0.29, 0.717) is 39.7 Å². The van der Waals surface area contributed by atoms with Crippen LogP contribution in [0.1, 0.15) is 50.6 Å². The summed E-state index contributed by atoms with van der Waals surface area (Å²) in [5.74, 6) is -2.66. The van der Waals surface area contributed by atoms with Crippen molar-refractivity contribution in [1.29, 1.82) is 0 Å². The molecule has 236 valence electrons. The molecule has 10 nitrogen and oxygen atoms in total. The second-order valence-corrected chi connectivity index (χ2v) is 11.0. The lowest BCUT2D eigenvalue weighted by molar-refractivity contribution is -0.142. The van der Waals surface area contributed by atoms with Crippen molar-refractivity contribution >= 4 is 44.7 Å². The molecule has 0 atom stereocenters. The number of aromatic nitrogens is 6. The fraction of sp³-hybridized carbons (Fsp3) is 0.172. The Kier molecular flexibility index (Phi) is 7.50. The Bertz CT molecular complexity index is 2170. The van der Waals surface area contributed by atoms with E-state index in [0.717, 1.165) is 24.3 Å². The lowest BCUT2D eigenvalue weighted by Gasteiger charge is -2.11. The number of alkyl halides is 5. The average Bonchev–Trinajstić information content (AvgIpc) is 3.71. The molecule has 0 fully saturated rings. The van der Waals surface area contributed by atoms with E-state index in [-0.39, 0.29) is 43.2 Å². The Morgan fingerprint density at radius 1 is 1.04 bits per heavy atom. The molecule has 6 aromatic rings. The van der Waals surface area contributed by atoms with Gasteiger partial charge >= 0.3 is 6.18 Å². The van der Waals surface area contributed by atoms with Crippen LogP contribution in [-0.2, 0) is 12.7 Å². The molecule has 6 rings (SSSR count). The standard InChI is InChI=1S/C29H20F6N8O2S/c1-3-42-11-16(12(2)40-42)15-8-18(25(31)32)38-28-22(15)23(24(46-28)26(36)44)39-27(45)19-10-21-37-17(13-4-6-14(30)7-5-13)9-20(29(33,34)35)43(21)41-19/h4-11,25H,3H2,1-2H3,(H2,36,44)(H,39,45). The molecule has 17 heteroatoms. The number of hydrogen-bond acceptors (Lipinski definition) is 7. The Morgan fingerprint density at radius 2 is 1.76 bits per heavy atom. The predicted molar refractivity (Wildman–Crippen MR) is 156 cm³/mol. The van der Waals surface area contributed by atoms with Crippen LogP contribution in [0.2, 0.25) is 0 Å². The highest BCUT2D eigenvalue weighted by atomic mass is 32.1. The third kappa shape index (κ3) is 5.42. The number of aryl methyl sites for hydroxylation is 2. The zero-order valence-electron chi connectivity index (χ0n) is 23.7. The van der Waals surface area contributed by atoms with Crippen LogP contribution in [0.4, 0.5) is 32.0 Å². The van der Waals surface area contributed by atoms with E-state index < -0.39 is 47.3 Å². The first-order valence-corrected chi connectivity index (χ1v) is 14.2. The number of fused-ring (bicyclic) bond motifs is 2. The van der Waals surface area contributed by atoms with Gasteiger partial charge in [0.1, 0.15) is 21.2 Å². The molecule has 0 radical (unpaired) electrons. The minimum Gasteiger partial charge on any atom is -0.365 e. The van der Waals surface area contributed by atoms with E-state index in [1.165, 1.54) is 12.1 Å². The molecule has 0 spiro atoms. The van der Waals surface area contributed by atoms with Crippen molar-refractivity contribution in [2.75, 3.05) is 5.32 Å². The van der Waals surface area contributed by atoms with Gasteiger partial charge in [-0.05, 0) is 55.8 Å². The van der Waals surface area contributed by atoms with Gasteiger partial charge in [-0.25, -0.2) is 27.7 Å². The second-order valence-electron chi connectivity index (χ2n) is 10.0. The highest BCUT2D eigenvalue weighted by molar-refractivity contribution is 7.21. The van der Waals surface area contributed by atoms with Gasteiger partial charge in [-0.15, -0.1) is 11.3 Å². The third-order valence-corrected chi connectivity index (χ3v) is 8.12. The van der Waals surface area contributed by atoms with Gasteiger partial charge in [-0.2, -0.15) is 23.4 Å². The highest BCUT2D eigenvalue weighted by Gasteiger charge is 2.36. The summed E-state index contributed by atoms with van der Waals surface area (Å²) >= 11 is 0.665. The van der Waals surface area contributed by atoms with Gasteiger partial charge < -0.3 is 11.1 Å². The number of benzene rings is 1. The predicted octanol–water partition coefficient (Wildman–Crippen LogP) is 6.64. The van der Waals surface area contributed by atoms with Gasteiger partial charge in [0.2, 0.25) is 0 Å². The normalized spacial score (nSPS) is 12.0. The Morgan fingerprint density at radius 3 is 2.37 bits per heavy atom. The van der Waals surface area contributed by atoms with Gasteiger partial charge in [0, 0.05) is 35.3 Å². The number of hydrogen-bond donors (Lipinski definition) is 2. The topological polar surface area (TPSA) is 133 Å². The van der Waals surface area contributed by atoms with Crippen LogP contribution in [-0.4, -0.2) is 41.2 Å². The fourth-order valence-electron chi connectivity index (χ4n) is 4.91. The van der Waals surface area contributed by atoms with Gasteiger partial charge in [0.15, 0.2) is 17.0 Å². The number of amides is 2. The molecule has 0 unspecified atom stereocenters. The van der Waals surface area contributed by atoms with Crippen LogP contribution in [0, 0.1) is 12.7 Å². The fourth-order valence-corrected chi connectivity index (χ4v) is 5.93. The van der Waals surface area contributed by atoms with Crippen molar-refractivity contribution in [3.8, 4) is 22.4 Å². The quantitative estimate of drug-likeness (QED) is 0.185. The molecular weight excluding hydrogens is 638 g/mol. The average molecular weight is 659 g/mol. The van der Waals surface area contributed by atoms with Crippen molar-refractivity contribution in [2.45, 2.75) is 33.0 Å². The van der Waals surface area contributed by atoms with Crippen LogP contribution in [0.5, 0.6) is 0 Å². The number of carbonyl (C=O) groups excluding carboxylic acids is 2. The molecule has 5 heterocycles. The van der Waals surface area contributed by atoms with Gasteiger partial charge in [0.05, 0.1) is 17.1 Å². The molecular formula is C29H20F6N8O2S. The first kappa shape index (κ1) is 30.7. The zero-order valence-corrected chi connectivity index (χ0v) is 24.5. The maximum Gasteiger partial charge on any atom is 0.433 e. The van der Waals surface area contributed by atoms with Gasteiger partial charge in [-0.3, -0.25) is 14.3 Å². The molecule has 0 saturated carbocycles. The summed E-state index contributed by atoms with van der Waals surface area (Å²) < 4.78 is 85.5. The lowest BCUT2D eigenvalue weighted by Crippen LogP contribution is -2.18. The number of pyridine rings is 1. The molecule has 1 aromatic carbocycles. The molecule has 0 bridgehead atoms. The van der Waals surface area contributed by atoms with Crippen molar-refractivity contribution in [3.63, 3.8) is 0 Å². The molecule has 5 aromatic heterocycles. The number of primary amides is 1. The van der Waals surface area contributed by atoms with Crippen molar-refractivity contribution in [1.82, 2.24) is 29.4 Å². The Balaban J connectivity index is 1.50. The summed E-state index contributed by atoms with van der Waals surface area (Å²) in [6, 6.07) is 7.46. The molecule has 46 heavy (non-hydrogen) atoms. The Labute approximate surface area is 258 Å². The Hall–Kier alpha value is -5.32. The SMILES string of the molecule is CCn1cc(-c2cc(C(F)F)nc3sc(C(N)=O)c(NC(=O)c4cc5nc(-c6ccc(F)cc6)cc(C(F)(F)F)n5n4)c23)c(C)n1. The molecule has 2 amide bonds. The number of anilines is 1. The molecule has 0 saturated heterocycles. The summed E-state index contributed by atoms with van der Waals surface area (Å²) in [5, 5.41) is 10.8. The van der Waals surface area contributed by atoms with E-state index >= 15 is 0 Å². The van der Waals surface area contributed by atoms with Crippen LogP contribution >= 0.6 is 11.3 Å². The number of carbonyl (C=O) groups is 2. The first-order chi connectivity index (χ1) is 21.7. The van der Waals surface area contributed by atoms with Crippen molar-refractivity contribution in [3.05, 3.63) is 82.1 Å². The molecule has 3 N–H and O–H groups in total. The van der Waals surface area contributed by atoms with Crippen LogP contribution < -0.4 is 11.1 Å². The number of nitrogens with two attached hydrogens (primary N) is 1. The van der Waals surface area contributed by atoms with Gasteiger partial charge in [0.25, 0.3) is 18.2 Å².